The molecule has 0 amide bonds. The second-order valence-electron chi connectivity index (χ2n) is 3.47. The maximum atomic E-state index is 5.64. The summed E-state index contributed by atoms with van der Waals surface area (Å²) in [6.07, 6.45) is 0. The highest BCUT2D eigenvalue weighted by Crippen LogP contribution is 2.23. The van der Waals surface area contributed by atoms with E-state index < -0.39 is 0 Å². The van der Waals surface area contributed by atoms with Crippen molar-refractivity contribution in [3.8, 4) is 17.2 Å². The lowest BCUT2D eigenvalue weighted by atomic mass is 10.2. The summed E-state index contributed by atoms with van der Waals surface area (Å²) < 4.78 is 10.5. The minimum absolute atomic E-state index is 0.258. The van der Waals surface area contributed by atoms with Gasteiger partial charge in [-0.2, -0.15) is 0 Å². The van der Waals surface area contributed by atoms with Crippen molar-refractivity contribution in [3.05, 3.63) is 30.2 Å². The van der Waals surface area contributed by atoms with Crippen LogP contribution in [0.4, 0.5) is 0 Å². The van der Waals surface area contributed by atoms with Gasteiger partial charge >= 0.3 is 0 Å². The fraction of sp³-hybridized carbons (Fsp3) is 0.273. The van der Waals surface area contributed by atoms with E-state index in [1.54, 1.807) is 14.0 Å². The van der Waals surface area contributed by atoms with Crippen molar-refractivity contribution in [2.75, 3.05) is 7.11 Å². The Hall–Kier alpha value is -1.88. The zero-order valence-electron chi connectivity index (χ0n) is 9.18. The molecule has 2 N–H and O–H groups in total. The number of aromatic nitrogens is 2. The van der Waals surface area contributed by atoms with Gasteiger partial charge < -0.3 is 14.9 Å². The molecule has 0 bridgehead atoms. The standard InChI is InChI=1S/C11H13N3O2/c1-7(12)10-13-14-11(16-10)8-4-3-5-9(6-8)15-2/h3-7H,12H2,1-2H3. The number of hydrogen-bond donors (Lipinski definition) is 1. The van der Waals surface area contributed by atoms with E-state index in [4.69, 9.17) is 14.9 Å². The minimum Gasteiger partial charge on any atom is -0.497 e. The number of methoxy groups -OCH3 is 1. The van der Waals surface area contributed by atoms with Gasteiger partial charge in [-0.05, 0) is 25.1 Å². The third kappa shape index (κ3) is 2.04. The molecule has 1 aromatic carbocycles. The summed E-state index contributed by atoms with van der Waals surface area (Å²) in [6, 6.07) is 7.17. The van der Waals surface area contributed by atoms with Gasteiger partial charge in [-0.3, -0.25) is 0 Å². The summed E-state index contributed by atoms with van der Waals surface area (Å²) in [6.45, 7) is 1.79. The number of nitrogens with two attached hydrogens (primary N) is 1. The molecule has 5 heteroatoms. The number of benzene rings is 1. The number of ether oxygens (including phenoxy) is 1. The van der Waals surface area contributed by atoms with Crippen LogP contribution in [-0.2, 0) is 0 Å². The Morgan fingerprint density at radius 2 is 2.19 bits per heavy atom. The van der Waals surface area contributed by atoms with Crippen LogP contribution in [0.2, 0.25) is 0 Å². The number of rotatable bonds is 3. The summed E-state index contributed by atoms with van der Waals surface area (Å²) in [5.74, 6) is 1.63. The van der Waals surface area contributed by atoms with E-state index in [0.717, 1.165) is 11.3 Å². The van der Waals surface area contributed by atoms with Crippen molar-refractivity contribution in [1.82, 2.24) is 10.2 Å². The van der Waals surface area contributed by atoms with Crippen molar-refractivity contribution in [1.29, 1.82) is 0 Å². The highest BCUT2D eigenvalue weighted by Gasteiger charge is 2.11. The molecule has 0 saturated heterocycles. The summed E-state index contributed by atoms with van der Waals surface area (Å²) >= 11 is 0. The molecular weight excluding hydrogens is 206 g/mol. The molecule has 0 saturated carbocycles. The zero-order chi connectivity index (χ0) is 11.5. The Balaban J connectivity index is 2.34. The van der Waals surface area contributed by atoms with Gasteiger partial charge in [-0.25, -0.2) is 0 Å². The predicted molar refractivity (Wildman–Crippen MR) is 58.9 cm³/mol. The van der Waals surface area contributed by atoms with Crippen LogP contribution in [-0.4, -0.2) is 17.3 Å². The van der Waals surface area contributed by atoms with Crippen molar-refractivity contribution in [2.24, 2.45) is 5.73 Å². The highest BCUT2D eigenvalue weighted by molar-refractivity contribution is 5.55. The van der Waals surface area contributed by atoms with E-state index in [1.807, 2.05) is 24.3 Å². The molecule has 0 aliphatic rings. The molecule has 1 aromatic heterocycles. The van der Waals surface area contributed by atoms with Gasteiger partial charge in [0.2, 0.25) is 11.8 Å². The molecule has 0 fully saturated rings. The predicted octanol–water partition coefficient (Wildman–Crippen LogP) is 1.76. The molecule has 0 aliphatic carbocycles. The first-order chi connectivity index (χ1) is 7.70. The average Bonchev–Trinajstić information content (AvgIpc) is 2.78. The van der Waals surface area contributed by atoms with E-state index in [-0.39, 0.29) is 6.04 Å². The van der Waals surface area contributed by atoms with Crippen LogP contribution in [0.1, 0.15) is 18.9 Å². The molecule has 0 aliphatic heterocycles. The molecule has 0 radical (unpaired) electrons. The van der Waals surface area contributed by atoms with Crippen LogP contribution in [0, 0.1) is 0 Å². The smallest absolute Gasteiger partial charge is 0.247 e. The molecule has 1 atom stereocenters. The van der Waals surface area contributed by atoms with Crippen molar-refractivity contribution < 1.29 is 9.15 Å². The molecule has 2 rings (SSSR count). The van der Waals surface area contributed by atoms with Crippen molar-refractivity contribution in [3.63, 3.8) is 0 Å². The Labute approximate surface area is 93.2 Å². The first-order valence-corrected chi connectivity index (χ1v) is 4.94. The first-order valence-electron chi connectivity index (χ1n) is 4.94. The Kier molecular flexibility index (Phi) is 2.87. The maximum Gasteiger partial charge on any atom is 0.247 e. The van der Waals surface area contributed by atoms with Gasteiger partial charge in [-0.1, -0.05) is 6.07 Å². The number of hydrogen-bond acceptors (Lipinski definition) is 5. The first kappa shape index (κ1) is 10.6. The van der Waals surface area contributed by atoms with Crippen molar-refractivity contribution in [2.45, 2.75) is 13.0 Å². The molecular formula is C11H13N3O2. The molecule has 84 valence electrons. The lowest BCUT2D eigenvalue weighted by Crippen LogP contribution is -2.04. The molecule has 5 nitrogen and oxygen atoms in total. The van der Waals surface area contributed by atoms with E-state index in [2.05, 4.69) is 10.2 Å². The zero-order valence-corrected chi connectivity index (χ0v) is 9.18. The largest absolute Gasteiger partial charge is 0.497 e. The van der Waals surface area contributed by atoms with E-state index >= 15 is 0 Å². The average molecular weight is 219 g/mol. The molecule has 2 aromatic rings. The molecule has 0 spiro atoms. The second-order valence-corrected chi connectivity index (χ2v) is 3.47. The highest BCUT2D eigenvalue weighted by atomic mass is 16.5. The van der Waals surface area contributed by atoms with Crippen LogP contribution in [0.3, 0.4) is 0 Å². The fourth-order valence-corrected chi connectivity index (χ4v) is 1.29. The van der Waals surface area contributed by atoms with Crippen LogP contribution < -0.4 is 10.5 Å². The maximum absolute atomic E-state index is 5.64. The van der Waals surface area contributed by atoms with Gasteiger partial charge in [-0.15, -0.1) is 10.2 Å². The SMILES string of the molecule is COc1cccc(-c2nnc(C(C)N)o2)c1. The fourth-order valence-electron chi connectivity index (χ4n) is 1.29. The molecule has 16 heavy (non-hydrogen) atoms. The number of nitrogens with zero attached hydrogens (tertiary/aromatic N) is 2. The summed E-state index contributed by atoms with van der Waals surface area (Å²) in [5.41, 5.74) is 6.46. The Morgan fingerprint density at radius 1 is 1.38 bits per heavy atom. The van der Waals surface area contributed by atoms with Crippen LogP contribution in [0.15, 0.2) is 28.7 Å². The lowest BCUT2D eigenvalue weighted by molar-refractivity contribution is 0.414. The van der Waals surface area contributed by atoms with Crippen LogP contribution >= 0.6 is 0 Å². The van der Waals surface area contributed by atoms with Crippen LogP contribution in [0.25, 0.3) is 11.5 Å². The van der Waals surface area contributed by atoms with E-state index in [1.165, 1.54) is 0 Å². The second kappa shape index (κ2) is 4.32. The quantitative estimate of drug-likeness (QED) is 0.851. The van der Waals surface area contributed by atoms with Gasteiger partial charge in [0.15, 0.2) is 0 Å². The Bertz CT molecular complexity index is 480. The van der Waals surface area contributed by atoms with E-state index in [0.29, 0.717) is 11.8 Å². The summed E-state index contributed by atoms with van der Waals surface area (Å²) in [7, 11) is 1.61. The Morgan fingerprint density at radius 3 is 2.81 bits per heavy atom. The normalized spacial score (nSPS) is 12.4. The lowest BCUT2D eigenvalue weighted by Gasteiger charge is -2.00. The summed E-state index contributed by atoms with van der Waals surface area (Å²) in [5, 5.41) is 7.80. The molecule has 1 heterocycles. The van der Waals surface area contributed by atoms with Crippen molar-refractivity contribution >= 4 is 0 Å². The monoisotopic (exact) mass is 219 g/mol. The van der Waals surface area contributed by atoms with Gasteiger partial charge in [0.25, 0.3) is 0 Å². The summed E-state index contributed by atoms with van der Waals surface area (Å²) in [4.78, 5) is 0. The minimum atomic E-state index is -0.258. The van der Waals surface area contributed by atoms with E-state index in [9.17, 15) is 0 Å². The topological polar surface area (TPSA) is 74.2 Å². The third-order valence-corrected chi connectivity index (χ3v) is 2.15. The van der Waals surface area contributed by atoms with Crippen LogP contribution in [0.5, 0.6) is 5.75 Å². The van der Waals surface area contributed by atoms with Gasteiger partial charge in [0, 0.05) is 5.56 Å². The molecule has 1 unspecified atom stereocenters. The van der Waals surface area contributed by atoms with Gasteiger partial charge in [0.05, 0.1) is 13.2 Å². The van der Waals surface area contributed by atoms with Gasteiger partial charge in [0.1, 0.15) is 5.75 Å². The third-order valence-electron chi connectivity index (χ3n) is 2.15.